The molecule has 0 unspecified atom stereocenters. The lowest BCUT2D eigenvalue weighted by Gasteiger charge is -2.38. The first-order valence-corrected chi connectivity index (χ1v) is 9.44. The number of rotatable bonds is 5. The molecule has 0 atom stereocenters. The number of halogens is 1. The van der Waals surface area contributed by atoms with Crippen LogP contribution in [0.4, 0.5) is 11.6 Å². The summed E-state index contributed by atoms with van der Waals surface area (Å²) >= 11 is 6.03. The maximum atomic E-state index is 6.03. The summed E-state index contributed by atoms with van der Waals surface area (Å²) in [7, 11) is 0. The summed E-state index contributed by atoms with van der Waals surface area (Å²) in [5.74, 6) is 1.42. The summed E-state index contributed by atoms with van der Waals surface area (Å²) in [5, 5.41) is 4.14. The van der Waals surface area contributed by atoms with Crippen LogP contribution < -0.4 is 10.2 Å². The van der Waals surface area contributed by atoms with E-state index in [2.05, 4.69) is 26.3 Å². The van der Waals surface area contributed by atoms with Crippen LogP contribution in [0.3, 0.4) is 0 Å². The normalized spacial score (nSPS) is 19.0. The van der Waals surface area contributed by atoms with E-state index in [0.29, 0.717) is 13.2 Å². The number of hydrogen-bond donors (Lipinski definition) is 1. The molecule has 1 N–H and O–H groups in total. The van der Waals surface area contributed by atoms with Crippen LogP contribution >= 0.6 is 11.6 Å². The molecule has 2 aromatic rings. The van der Waals surface area contributed by atoms with Gasteiger partial charge < -0.3 is 19.7 Å². The number of nitrogens with one attached hydrogen (secondary N) is 1. The van der Waals surface area contributed by atoms with E-state index in [1.54, 1.807) is 6.33 Å². The minimum Gasteiger partial charge on any atom is -0.370 e. The molecule has 2 aliphatic rings. The smallest absolute Gasteiger partial charge is 0.171 e. The lowest BCUT2D eigenvalue weighted by atomic mass is 10.0. The zero-order valence-corrected chi connectivity index (χ0v) is 15.4. The Morgan fingerprint density at radius 1 is 1.12 bits per heavy atom. The van der Waals surface area contributed by atoms with Crippen molar-refractivity contribution in [2.45, 2.75) is 25.0 Å². The molecule has 1 spiro atoms. The Balaban J connectivity index is 1.32. The zero-order chi connectivity index (χ0) is 17.8. The van der Waals surface area contributed by atoms with Crippen molar-refractivity contribution < 1.29 is 9.47 Å². The molecular formula is C19H23ClN4O2. The van der Waals surface area contributed by atoms with Crippen molar-refractivity contribution in [3.8, 4) is 0 Å². The van der Waals surface area contributed by atoms with E-state index < -0.39 is 0 Å². The second-order valence-corrected chi connectivity index (χ2v) is 7.10. The molecule has 0 bridgehead atoms. The predicted molar refractivity (Wildman–Crippen MR) is 102 cm³/mol. The van der Waals surface area contributed by atoms with Crippen molar-refractivity contribution in [3.63, 3.8) is 0 Å². The second-order valence-electron chi connectivity index (χ2n) is 6.66. The highest BCUT2D eigenvalue weighted by Gasteiger charge is 2.40. The van der Waals surface area contributed by atoms with Gasteiger partial charge in [0.15, 0.2) is 5.79 Å². The quantitative estimate of drug-likeness (QED) is 0.867. The van der Waals surface area contributed by atoms with Crippen molar-refractivity contribution in [2.24, 2.45) is 0 Å². The topological polar surface area (TPSA) is 59.5 Å². The minimum atomic E-state index is -0.360. The summed E-state index contributed by atoms with van der Waals surface area (Å²) in [6, 6.07) is 9.94. The molecule has 4 rings (SSSR count). The third-order valence-electron chi connectivity index (χ3n) is 4.92. The summed E-state index contributed by atoms with van der Waals surface area (Å²) in [4.78, 5) is 11.0. The third-order valence-corrected chi connectivity index (χ3v) is 5.16. The average molecular weight is 375 g/mol. The lowest BCUT2D eigenvalue weighted by Crippen LogP contribution is -2.45. The van der Waals surface area contributed by atoms with E-state index in [1.807, 2.05) is 24.3 Å². The molecule has 0 radical (unpaired) electrons. The molecular weight excluding hydrogens is 352 g/mol. The molecule has 6 nitrogen and oxygen atoms in total. The SMILES string of the molecule is Clc1cccc(CCNc2cc(N3CCC4(CC3)OCCO4)ncn2)c1. The van der Waals surface area contributed by atoms with Gasteiger partial charge in [0.2, 0.25) is 0 Å². The summed E-state index contributed by atoms with van der Waals surface area (Å²) in [6.45, 7) is 3.95. The van der Waals surface area contributed by atoms with Crippen molar-refractivity contribution in [2.75, 3.05) is 43.1 Å². The van der Waals surface area contributed by atoms with Crippen LogP contribution in [0, 0.1) is 0 Å². The number of anilines is 2. The number of piperidine rings is 1. The second kappa shape index (κ2) is 7.78. The molecule has 1 aromatic carbocycles. The standard InChI is InChI=1S/C19H23ClN4O2/c20-16-3-1-2-15(12-16)4-7-21-17-13-18(23-14-22-17)24-8-5-19(6-9-24)25-10-11-26-19/h1-3,12-14H,4-11H2,(H,21,22,23). The molecule has 0 amide bonds. The highest BCUT2D eigenvalue weighted by Crippen LogP contribution is 2.32. The van der Waals surface area contributed by atoms with Crippen LogP contribution in [0.15, 0.2) is 36.7 Å². The summed E-state index contributed by atoms with van der Waals surface area (Å²) < 4.78 is 11.6. The number of ether oxygens (including phenoxy) is 2. The predicted octanol–water partition coefficient (Wildman–Crippen LogP) is 3.13. The molecule has 2 fully saturated rings. The molecule has 7 heteroatoms. The Hall–Kier alpha value is -1.89. The van der Waals surface area contributed by atoms with Gasteiger partial charge in [-0.15, -0.1) is 0 Å². The van der Waals surface area contributed by atoms with Crippen molar-refractivity contribution in [1.82, 2.24) is 9.97 Å². The van der Waals surface area contributed by atoms with Crippen LogP contribution in [0.25, 0.3) is 0 Å². The monoisotopic (exact) mass is 374 g/mol. The highest BCUT2D eigenvalue weighted by molar-refractivity contribution is 6.30. The van der Waals surface area contributed by atoms with Gasteiger partial charge in [-0.25, -0.2) is 9.97 Å². The van der Waals surface area contributed by atoms with Gasteiger partial charge in [-0.05, 0) is 24.1 Å². The van der Waals surface area contributed by atoms with Gasteiger partial charge in [-0.3, -0.25) is 0 Å². The number of benzene rings is 1. The van der Waals surface area contributed by atoms with E-state index in [4.69, 9.17) is 21.1 Å². The average Bonchev–Trinajstić information content (AvgIpc) is 3.11. The van der Waals surface area contributed by atoms with Crippen molar-refractivity contribution >= 4 is 23.2 Å². The first-order chi connectivity index (χ1) is 12.7. The van der Waals surface area contributed by atoms with Crippen molar-refractivity contribution in [1.29, 1.82) is 0 Å². The van der Waals surface area contributed by atoms with Crippen LogP contribution in [-0.4, -0.2) is 48.6 Å². The van der Waals surface area contributed by atoms with E-state index in [-0.39, 0.29) is 5.79 Å². The maximum Gasteiger partial charge on any atom is 0.171 e. The first-order valence-electron chi connectivity index (χ1n) is 9.06. The molecule has 0 aliphatic carbocycles. The van der Waals surface area contributed by atoms with E-state index in [1.165, 1.54) is 5.56 Å². The fourth-order valence-corrected chi connectivity index (χ4v) is 3.72. The molecule has 3 heterocycles. The largest absolute Gasteiger partial charge is 0.370 e. The minimum absolute atomic E-state index is 0.360. The Morgan fingerprint density at radius 2 is 1.92 bits per heavy atom. The van der Waals surface area contributed by atoms with E-state index in [9.17, 15) is 0 Å². The van der Waals surface area contributed by atoms with Crippen LogP contribution in [0.1, 0.15) is 18.4 Å². The van der Waals surface area contributed by atoms with Crippen LogP contribution in [0.5, 0.6) is 0 Å². The van der Waals surface area contributed by atoms with Gasteiger partial charge in [0.1, 0.15) is 18.0 Å². The fourth-order valence-electron chi connectivity index (χ4n) is 3.51. The van der Waals surface area contributed by atoms with Gasteiger partial charge in [0.05, 0.1) is 13.2 Å². The van der Waals surface area contributed by atoms with E-state index in [0.717, 1.165) is 55.6 Å². The summed E-state index contributed by atoms with van der Waals surface area (Å²) in [5.41, 5.74) is 1.21. The molecule has 0 saturated carbocycles. The Labute approximate surface area is 158 Å². The molecule has 138 valence electrons. The van der Waals surface area contributed by atoms with Gasteiger partial charge >= 0.3 is 0 Å². The Morgan fingerprint density at radius 3 is 2.69 bits per heavy atom. The maximum absolute atomic E-state index is 6.03. The summed E-state index contributed by atoms with van der Waals surface area (Å²) in [6.07, 6.45) is 4.24. The number of aromatic nitrogens is 2. The van der Waals surface area contributed by atoms with Crippen LogP contribution in [0.2, 0.25) is 5.02 Å². The number of nitrogens with zero attached hydrogens (tertiary/aromatic N) is 3. The number of hydrogen-bond acceptors (Lipinski definition) is 6. The zero-order valence-electron chi connectivity index (χ0n) is 14.7. The van der Waals surface area contributed by atoms with Crippen LogP contribution in [-0.2, 0) is 15.9 Å². The first kappa shape index (κ1) is 17.5. The molecule has 1 aromatic heterocycles. The molecule has 2 aliphatic heterocycles. The van der Waals surface area contributed by atoms with Crippen molar-refractivity contribution in [3.05, 3.63) is 47.2 Å². The van der Waals surface area contributed by atoms with Gasteiger partial charge in [0.25, 0.3) is 0 Å². The Bertz CT molecular complexity index is 742. The third kappa shape index (κ3) is 4.09. The fraction of sp³-hybridized carbons (Fsp3) is 0.474. The Kier molecular flexibility index (Phi) is 5.24. The molecule has 26 heavy (non-hydrogen) atoms. The van der Waals surface area contributed by atoms with Gasteiger partial charge in [-0.2, -0.15) is 0 Å². The lowest BCUT2D eigenvalue weighted by molar-refractivity contribution is -0.169. The van der Waals surface area contributed by atoms with E-state index >= 15 is 0 Å². The molecule has 2 saturated heterocycles. The van der Waals surface area contributed by atoms with Gasteiger partial charge in [0, 0.05) is 43.6 Å². The highest BCUT2D eigenvalue weighted by atomic mass is 35.5. The van der Waals surface area contributed by atoms with Gasteiger partial charge in [-0.1, -0.05) is 23.7 Å².